The average Bonchev–Trinajstić information content (AvgIpc) is 2.80. The van der Waals surface area contributed by atoms with Gasteiger partial charge in [0.15, 0.2) is 5.96 Å². The van der Waals surface area contributed by atoms with Crippen molar-refractivity contribution in [3.05, 3.63) is 64.7 Å². The lowest BCUT2D eigenvalue weighted by atomic mass is 10.2. The molecule has 0 aromatic heterocycles. The van der Waals surface area contributed by atoms with E-state index < -0.39 is 0 Å². The number of rotatable bonds is 12. The smallest absolute Gasteiger partial charge is 0.252 e. The van der Waals surface area contributed by atoms with Crippen molar-refractivity contribution in [2.75, 3.05) is 40.0 Å². The molecule has 168 valence electrons. The Morgan fingerprint density at radius 2 is 1.71 bits per heavy atom. The zero-order chi connectivity index (χ0) is 22.3. The molecular formula is C23H31ClN4O3. The number of carbonyl (C=O) groups is 1. The van der Waals surface area contributed by atoms with Gasteiger partial charge in [-0.05, 0) is 43.2 Å². The predicted molar refractivity (Wildman–Crippen MR) is 125 cm³/mol. The molecule has 0 aliphatic rings. The highest BCUT2D eigenvalue weighted by Crippen LogP contribution is 2.14. The summed E-state index contributed by atoms with van der Waals surface area (Å²) >= 11 is 6.07. The van der Waals surface area contributed by atoms with Crippen LogP contribution in [0.15, 0.2) is 53.5 Å². The third-order valence-electron chi connectivity index (χ3n) is 4.36. The molecule has 0 atom stereocenters. The predicted octanol–water partition coefficient (Wildman–Crippen LogP) is 3.24. The van der Waals surface area contributed by atoms with Crippen LogP contribution in [0.1, 0.15) is 29.3 Å². The maximum atomic E-state index is 12.3. The number of hydrogen-bond donors (Lipinski definition) is 3. The summed E-state index contributed by atoms with van der Waals surface area (Å²) in [6.07, 6.45) is 0.875. The Kier molecular flexibility index (Phi) is 11.3. The second-order valence-corrected chi connectivity index (χ2v) is 7.06. The fourth-order valence-electron chi connectivity index (χ4n) is 2.70. The van der Waals surface area contributed by atoms with Gasteiger partial charge < -0.3 is 25.4 Å². The van der Waals surface area contributed by atoms with Gasteiger partial charge in [0.2, 0.25) is 0 Å². The summed E-state index contributed by atoms with van der Waals surface area (Å²) in [7, 11) is 1.64. The van der Waals surface area contributed by atoms with E-state index in [-0.39, 0.29) is 5.91 Å². The summed E-state index contributed by atoms with van der Waals surface area (Å²) < 4.78 is 10.6. The molecule has 7 nitrogen and oxygen atoms in total. The van der Waals surface area contributed by atoms with E-state index in [2.05, 4.69) is 20.9 Å². The third-order valence-corrected chi connectivity index (χ3v) is 4.69. The molecular weight excluding hydrogens is 416 g/mol. The number of benzene rings is 2. The minimum absolute atomic E-state index is 0.200. The molecule has 0 bridgehead atoms. The lowest BCUT2D eigenvalue weighted by Gasteiger charge is -2.13. The standard InChI is InChI=1S/C23H31ClN4O3/c1-3-31-16-6-13-26-23(28-17-18-9-11-19(30-2)12-10-18)27-15-14-25-22(29)20-7-4-5-8-21(20)24/h4-5,7-12H,3,6,13-17H2,1-2H3,(H,25,29)(H2,26,27,28). The molecule has 0 unspecified atom stereocenters. The zero-order valence-electron chi connectivity index (χ0n) is 18.1. The molecule has 2 rings (SSSR count). The molecule has 0 aliphatic heterocycles. The Labute approximate surface area is 189 Å². The van der Waals surface area contributed by atoms with Crippen molar-refractivity contribution < 1.29 is 14.3 Å². The van der Waals surface area contributed by atoms with Crippen LogP contribution in [0.25, 0.3) is 0 Å². The lowest BCUT2D eigenvalue weighted by Crippen LogP contribution is -2.42. The van der Waals surface area contributed by atoms with E-state index >= 15 is 0 Å². The number of amides is 1. The molecule has 2 aromatic carbocycles. The first-order valence-electron chi connectivity index (χ1n) is 10.4. The maximum absolute atomic E-state index is 12.3. The van der Waals surface area contributed by atoms with E-state index in [9.17, 15) is 4.79 Å². The van der Waals surface area contributed by atoms with Crippen molar-refractivity contribution in [2.45, 2.75) is 19.9 Å². The van der Waals surface area contributed by atoms with Crippen LogP contribution in [-0.2, 0) is 11.3 Å². The highest BCUT2D eigenvalue weighted by atomic mass is 35.5. The SMILES string of the molecule is CCOCCCNC(=NCc1ccc(OC)cc1)NCCNC(=O)c1ccccc1Cl. The average molecular weight is 447 g/mol. The Balaban J connectivity index is 1.84. The second-order valence-electron chi connectivity index (χ2n) is 6.65. The molecule has 1 amide bonds. The van der Waals surface area contributed by atoms with E-state index in [0.29, 0.717) is 49.4 Å². The van der Waals surface area contributed by atoms with Crippen LogP contribution in [0.3, 0.4) is 0 Å². The first kappa shape index (κ1) is 24.5. The zero-order valence-corrected chi connectivity index (χ0v) is 18.9. The van der Waals surface area contributed by atoms with Crippen LogP contribution in [0.2, 0.25) is 5.02 Å². The van der Waals surface area contributed by atoms with Gasteiger partial charge in [0.1, 0.15) is 5.75 Å². The highest BCUT2D eigenvalue weighted by Gasteiger charge is 2.08. The molecule has 0 fully saturated rings. The summed E-state index contributed by atoms with van der Waals surface area (Å²) in [5, 5.41) is 9.85. The van der Waals surface area contributed by atoms with Gasteiger partial charge in [0, 0.05) is 32.8 Å². The van der Waals surface area contributed by atoms with Crippen molar-refractivity contribution >= 4 is 23.5 Å². The molecule has 0 radical (unpaired) electrons. The fourth-order valence-corrected chi connectivity index (χ4v) is 2.92. The largest absolute Gasteiger partial charge is 0.497 e. The number of nitrogens with zero attached hydrogens (tertiary/aromatic N) is 1. The summed E-state index contributed by atoms with van der Waals surface area (Å²) in [5.41, 5.74) is 1.54. The van der Waals surface area contributed by atoms with E-state index in [1.165, 1.54) is 0 Å². The van der Waals surface area contributed by atoms with Crippen molar-refractivity contribution in [2.24, 2.45) is 4.99 Å². The minimum Gasteiger partial charge on any atom is -0.497 e. The fraction of sp³-hybridized carbons (Fsp3) is 0.391. The van der Waals surface area contributed by atoms with E-state index in [1.807, 2.05) is 31.2 Å². The quantitative estimate of drug-likeness (QED) is 0.265. The Hall–Kier alpha value is -2.77. The monoisotopic (exact) mass is 446 g/mol. The third kappa shape index (κ3) is 9.27. The number of carbonyl (C=O) groups excluding carboxylic acids is 1. The van der Waals surface area contributed by atoms with Crippen LogP contribution >= 0.6 is 11.6 Å². The summed E-state index contributed by atoms with van der Waals surface area (Å²) in [4.78, 5) is 16.9. The summed E-state index contributed by atoms with van der Waals surface area (Å²) in [6, 6.07) is 14.8. The minimum atomic E-state index is -0.200. The molecule has 0 aliphatic carbocycles. The summed E-state index contributed by atoms with van der Waals surface area (Å²) in [5.74, 6) is 1.29. The molecule has 0 heterocycles. The number of methoxy groups -OCH3 is 1. The molecule has 0 saturated carbocycles. The van der Waals surface area contributed by atoms with Gasteiger partial charge in [0.25, 0.3) is 5.91 Å². The molecule has 0 spiro atoms. The van der Waals surface area contributed by atoms with Crippen LogP contribution in [0.5, 0.6) is 5.75 Å². The maximum Gasteiger partial charge on any atom is 0.252 e. The van der Waals surface area contributed by atoms with Crippen LogP contribution in [0.4, 0.5) is 0 Å². The van der Waals surface area contributed by atoms with Crippen molar-refractivity contribution in [1.82, 2.24) is 16.0 Å². The van der Waals surface area contributed by atoms with E-state index in [0.717, 1.165) is 24.3 Å². The van der Waals surface area contributed by atoms with Gasteiger partial charge in [-0.15, -0.1) is 0 Å². The van der Waals surface area contributed by atoms with Crippen molar-refractivity contribution in [1.29, 1.82) is 0 Å². The Bertz CT molecular complexity index is 828. The topological polar surface area (TPSA) is 84.0 Å². The van der Waals surface area contributed by atoms with Crippen molar-refractivity contribution in [3.8, 4) is 5.75 Å². The first-order chi connectivity index (χ1) is 15.1. The number of ether oxygens (including phenoxy) is 2. The summed E-state index contributed by atoms with van der Waals surface area (Å²) in [6.45, 7) is 5.61. The highest BCUT2D eigenvalue weighted by molar-refractivity contribution is 6.33. The van der Waals surface area contributed by atoms with Gasteiger partial charge in [-0.1, -0.05) is 35.9 Å². The normalized spacial score (nSPS) is 11.1. The van der Waals surface area contributed by atoms with Gasteiger partial charge in [-0.2, -0.15) is 0 Å². The number of halogens is 1. The molecule has 0 saturated heterocycles. The van der Waals surface area contributed by atoms with Crippen LogP contribution < -0.4 is 20.7 Å². The number of aliphatic imine (C=N–C) groups is 1. The molecule has 2 aromatic rings. The van der Waals surface area contributed by atoms with Crippen LogP contribution in [0, 0.1) is 0 Å². The van der Waals surface area contributed by atoms with Crippen LogP contribution in [-0.4, -0.2) is 51.8 Å². The molecule has 3 N–H and O–H groups in total. The van der Waals surface area contributed by atoms with E-state index in [4.69, 9.17) is 21.1 Å². The Morgan fingerprint density at radius 1 is 1.00 bits per heavy atom. The number of hydrogen-bond acceptors (Lipinski definition) is 4. The number of nitrogens with one attached hydrogen (secondary N) is 3. The van der Waals surface area contributed by atoms with Gasteiger partial charge >= 0.3 is 0 Å². The second kappa shape index (κ2) is 14.3. The Morgan fingerprint density at radius 3 is 2.42 bits per heavy atom. The van der Waals surface area contributed by atoms with Crippen molar-refractivity contribution in [3.63, 3.8) is 0 Å². The van der Waals surface area contributed by atoms with E-state index in [1.54, 1.807) is 31.4 Å². The first-order valence-corrected chi connectivity index (χ1v) is 10.8. The van der Waals surface area contributed by atoms with Gasteiger partial charge in [-0.25, -0.2) is 4.99 Å². The van der Waals surface area contributed by atoms with Gasteiger partial charge in [0.05, 0.1) is 24.2 Å². The number of guanidine groups is 1. The molecule has 8 heteroatoms. The lowest BCUT2D eigenvalue weighted by molar-refractivity contribution is 0.0954. The molecule has 31 heavy (non-hydrogen) atoms. The van der Waals surface area contributed by atoms with Gasteiger partial charge in [-0.3, -0.25) is 4.79 Å².